The van der Waals surface area contributed by atoms with Crippen LogP contribution in [-0.4, -0.2) is 21.0 Å². The van der Waals surface area contributed by atoms with Crippen molar-refractivity contribution in [2.24, 2.45) is 10.9 Å². The predicted octanol–water partition coefficient (Wildman–Crippen LogP) is 2.48. The fourth-order valence-corrected chi connectivity index (χ4v) is 2.20. The summed E-state index contributed by atoms with van der Waals surface area (Å²) in [6, 6.07) is 9.37. The lowest BCUT2D eigenvalue weighted by atomic mass is 10.4. The molecule has 1 heterocycles. The summed E-state index contributed by atoms with van der Waals surface area (Å²) in [7, 11) is 0. The van der Waals surface area contributed by atoms with Gasteiger partial charge in [0.15, 0.2) is 11.0 Å². The van der Waals surface area contributed by atoms with E-state index in [9.17, 15) is 0 Å². The van der Waals surface area contributed by atoms with Crippen molar-refractivity contribution in [2.45, 2.75) is 10.1 Å². The van der Waals surface area contributed by atoms with Crippen LogP contribution in [0.5, 0.6) is 0 Å². The molecule has 0 atom stereocenters. The van der Waals surface area contributed by atoms with Crippen molar-refractivity contribution < 1.29 is 5.21 Å². The van der Waals surface area contributed by atoms with E-state index in [2.05, 4.69) is 31.1 Å². The maximum Gasteiger partial charge on any atom is 0.193 e. The Hall–Kier alpha value is -1.60. The molecule has 3 N–H and O–H groups in total. The topological polar surface area (TPSA) is 84.4 Å². The predicted molar refractivity (Wildman–Crippen MR) is 72.8 cm³/mol. The number of hydrogen-bond acceptors (Lipinski definition) is 5. The maximum absolute atomic E-state index is 8.59. The highest BCUT2D eigenvalue weighted by atomic mass is 79.9. The van der Waals surface area contributed by atoms with Gasteiger partial charge < -0.3 is 10.9 Å². The second kappa shape index (κ2) is 5.83. The number of hydrogen-bond donors (Lipinski definition) is 2. The van der Waals surface area contributed by atoms with E-state index < -0.39 is 0 Å². The molecule has 0 unspecified atom stereocenters. The Morgan fingerprint density at radius 2 is 2.00 bits per heavy atom. The Morgan fingerprint density at radius 1 is 1.28 bits per heavy atom. The zero-order valence-corrected chi connectivity index (χ0v) is 11.5. The van der Waals surface area contributed by atoms with Gasteiger partial charge in [-0.15, -0.1) is 0 Å². The number of aromatic nitrogens is 2. The fourth-order valence-electron chi connectivity index (χ4n) is 1.19. The molecule has 0 spiro atoms. The summed E-state index contributed by atoms with van der Waals surface area (Å²) in [4.78, 5) is 9.32. The zero-order valence-electron chi connectivity index (χ0n) is 9.12. The summed E-state index contributed by atoms with van der Waals surface area (Å²) in [6.07, 6.45) is 1.57. The van der Waals surface area contributed by atoms with Crippen molar-refractivity contribution in [1.82, 2.24) is 9.97 Å². The molecular formula is C11H9BrN4OS. The second-order valence-electron chi connectivity index (χ2n) is 3.27. The molecule has 92 valence electrons. The molecule has 0 aliphatic heterocycles. The molecule has 18 heavy (non-hydrogen) atoms. The van der Waals surface area contributed by atoms with E-state index in [0.717, 1.165) is 9.37 Å². The van der Waals surface area contributed by atoms with Crippen LogP contribution in [0.4, 0.5) is 0 Å². The highest BCUT2D eigenvalue weighted by molar-refractivity contribution is 9.10. The molecule has 0 bridgehead atoms. The fraction of sp³-hybridized carbons (Fsp3) is 0. The van der Waals surface area contributed by atoms with Crippen molar-refractivity contribution in [3.63, 3.8) is 0 Å². The number of benzene rings is 1. The van der Waals surface area contributed by atoms with Gasteiger partial charge in [0.05, 0.1) is 0 Å². The van der Waals surface area contributed by atoms with Crippen LogP contribution < -0.4 is 5.73 Å². The Bertz CT molecular complexity index is 574. The number of amidine groups is 1. The average Bonchev–Trinajstić information content (AvgIpc) is 2.41. The first-order valence-electron chi connectivity index (χ1n) is 4.93. The average molecular weight is 325 g/mol. The molecule has 0 aliphatic carbocycles. The van der Waals surface area contributed by atoms with Gasteiger partial charge >= 0.3 is 0 Å². The van der Waals surface area contributed by atoms with E-state index >= 15 is 0 Å². The summed E-state index contributed by atoms with van der Waals surface area (Å²) in [5, 5.41) is 12.0. The van der Waals surface area contributed by atoms with Crippen LogP contribution in [0.1, 0.15) is 5.69 Å². The molecule has 0 amide bonds. The van der Waals surface area contributed by atoms with Gasteiger partial charge in [-0.25, -0.2) is 9.97 Å². The van der Waals surface area contributed by atoms with Crippen molar-refractivity contribution in [1.29, 1.82) is 0 Å². The molecule has 1 aromatic carbocycles. The molecule has 2 aromatic rings. The smallest absolute Gasteiger partial charge is 0.193 e. The quantitative estimate of drug-likeness (QED) is 0.298. The van der Waals surface area contributed by atoms with Crippen molar-refractivity contribution in [2.75, 3.05) is 0 Å². The number of nitrogens with two attached hydrogens (primary N) is 1. The van der Waals surface area contributed by atoms with E-state index in [4.69, 9.17) is 10.9 Å². The van der Waals surface area contributed by atoms with E-state index in [1.165, 1.54) is 11.8 Å². The van der Waals surface area contributed by atoms with E-state index in [0.29, 0.717) is 10.9 Å². The summed E-state index contributed by atoms with van der Waals surface area (Å²) >= 11 is 4.77. The molecule has 0 saturated heterocycles. The summed E-state index contributed by atoms with van der Waals surface area (Å²) in [6.45, 7) is 0. The summed E-state index contributed by atoms with van der Waals surface area (Å²) in [5.74, 6) is -0.0324. The summed E-state index contributed by atoms with van der Waals surface area (Å²) < 4.78 is 1.01. The molecule has 5 nitrogen and oxygen atoms in total. The van der Waals surface area contributed by atoms with Crippen LogP contribution in [0.15, 0.2) is 56.2 Å². The Kier molecular flexibility index (Phi) is 4.16. The Labute approximate surface area is 116 Å². The molecule has 1 aromatic heterocycles. The molecule has 0 fully saturated rings. The van der Waals surface area contributed by atoms with Crippen molar-refractivity contribution in [3.05, 3.63) is 46.7 Å². The van der Waals surface area contributed by atoms with Crippen LogP contribution >= 0.6 is 27.7 Å². The molecule has 0 radical (unpaired) electrons. The first kappa shape index (κ1) is 12.8. The van der Waals surface area contributed by atoms with Crippen molar-refractivity contribution in [3.8, 4) is 0 Å². The van der Waals surface area contributed by atoms with E-state index in [1.54, 1.807) is 12.3 Å². The second-order valence-corrected chi connectivity index (χ2v) is 5.22. The third-order valence-electron chi connectivity index (χ3n) is 2.03. The Morgan fingerprint density at radius 3 is 2.67 bits per heavy atom. The van der Waals surface area contributed by atoms with Crippen LogP contribution in [0.2, 0.25) is 0 Å². The zero-order chi connectivity index (χ0) is 13.0. The number of rotatable bonds is 3. The van der Waals surface area contributed by atoms with E-state index in [-0.39, 0.29) is 5.84 Å². The van der Waals surface area contributed by atoms with Crippen molar-refractivity contribution >= 4 is 33.5 Å². The van der Waals surface area contributed by atoms with Gasteiger partial charge in [0.25, 0.3) is 0 Å². The lowest BCUT2D eigenvalue weighted by molar-refractivity contribution is 0.318. The van der Waals surface area contributed by atoms with E-state index in [1.807, 2.05) is 24.3 Å². The molecule has 7 heteroatoms. The largest absolute Gasteiger partial charge is 0.409 e. The minimum absolute atomic E-state index is 0.0324. The van der Waals surface area contributed by atoms with Gasteiger partial charge in [-0.1, -0.05) is 21.1 Å². The number of nitrogens with zero attached hydrogens (tertiary/aromatic N) is 3. The molecular weight excluding hydrogens is 316 g/mol. The van der Waals surface area contributed by atoms with Gasteiger partial charge in [0, 0.05) is 15.6 Å². The van der Waals surface area contributed by atoms with Crippen LogP contribution in [0.25, 0.3) is 0 Å². The number of oxime groups is 1. The van der Waals surface area contributed by atoms with Crippen LogP contribution in [-0.2, 0) is 0 Å². The third kappa shape index (κ3) is 3.21. The summed E-state index contributed by atoms with van der Waals surface area (Å²) in [5.41, 5.74) is 5.87. The lowest BCUT2D eigenvalue weighted by Gasteiger charge is -2.02. The Balaban J connectivity index is 2.22. The van der Waals surface area contributed by atoms with Gasteiger partial charge in [-0.3, -0.25) is 0 Å². The third-order valence-corrected chi connectivity index (χ3v) is 3.44. The van der Waals surface area contributed by atoms with Gasteiger partial charge in [-0.2, -0.15) is 0 Å². The monoisotopic (exact) mass is 324 g/mol. The van der Waals surface area contributed by atoms with Crippen LogP contribution in [0, 0.1) is 0 Å². The first-order valence-corrected chi connectivity index (χ1v) is 6.54. The number of halogens is 1. The van der Waals surface area contributed by atoms with Gasteiger partial charge in [-0.05, 0) is 42.1 Å². The van der Waals surface area contributed by atoms with Gasteiger partial charge in [0.2, 0.25) is 0 Å². The first-order chi connectivity index (χ1) is 8.69. The van der Waals surface area contributed by atoms with Gasteiger partial charge in [0.1, 0.15) is 5.69 Å². The highest BCUT2D eigenvalue weighted by Gasteiger charge is 2.05. The minimum atomic E-state index is -0.0324. The van der Waals surface area contributed by atoms with Crippen LogP contribution in [0.3, 0.4) is 0 Å². The lowest BCUT2D eigenvalue weighted by Crippen LogP contribution is -2.15. The minimum Gasteiger partial charge on any atom is -0.409 e. The maximum atomic E-state index is 8.59. The molecule has 0 saturated carbocycles. The molecule has 2 rings (SSSR count). The molecule has 0 aliphatic rings. The normalized spacial score (nSPS) is 11.5. The highest BCUT2D eigenvalue weighted by Crippen LogP contribution is 2.25. The standard InChI is InChI=1S/C11H9BrN4OS/c12-7-1-3-8(4-2-7)18-11-14-6-5-9(15-11)10(13)16-17/h1-6,17H,(H2,13,16). The SMILES string of the molecule is N/C(=N/O)c1ccnc(Sc2ccc(Br)cc2)n1.